The zero-order valence-corrected chi connectivity index (χ0v) is 19.4. The Bertz CT molecular complexity index is 1340. The van der Waals surface area contributed by atoms with E-state index in [0.717, 1.165) is 16.0 Å². The van der Waals surface area contributed by atoms with Gasteiger partial charge in [0.2, 0.25) is 0 Å². The highest BCUT2D eigenvalue weighted by atomic mass is 33.1. The monoisotopic (exact) mass is 474 g/mol. The lowest BCUT2D eigenvalue weighted by Gasteiger charge is -2.20. The lowest BCUT2D eigenvalue weighted by atomic mass is 10.1. The van der Waals surface area contributed by atoms with Gasteiger partial charge >= 0.3 is 0 Å². The summed E-state index contributed by atoms with van der Waals surface area (Å²) in [6, 6.07) is 14.7. The molecule has 1 atom stereocenters. The molecule has 3 heterocycles. The minimum absolute atomic E-state index is 0.124. The van der Waals surface area contributed by atoms with Crippen LogP contribution in [0, 0.1) is 0 Å². The molecule has 0 radical (unpaired) electrons. The van der Waals surface area contributed by atoms with Crippen LogP contribution in [0.15, 0.2) is 77.9 Å². The molecule has 8 heteroatoms. The maximum Gasteiger partial charge on any atom is 0.261 e. The van der Waals surface area contributed by atoms with Crippen LogP contribution >= 0.6 is 21.6 Å². The lowest BCUT2D eigenvalue weighted by Crippen LogP contribution is -2.31. The van der Waals surface area contributed by atoms with E-state index in [1.165, 1.54) is 32.7 Å². The molecule has 1 unspecified atom stereocenters. The fourth-order valence-electron chi connectivity index (χ4n) is 4.01. The predicted octanol–water partition coefficient (Wildman–Crippen LogP) is 4.80. The Morgan fingerprint density at radius 2 is 1.27 bits per heavy atom. The highest BCUT2D eigenvalue weighted by Gasteiger charge is 2.35. The van der Waals surface area contributed by atoms with Crippen LogP contribution in [0.2, 0.25) is 0 Å². The molecule has 33 heavy (non-hydrogen) atoms. The number of amides is 4. The van der Waals surface area contributed by atoms with E-state index in [1.807, 2.05) is 30.3 Å². The number of hydrogen-bond acceptors (Lipinski definition) is 6. The molecule has 0 aromatic heterocycles. The third kappa shape index (κ3) is 3.55. The van der Waals surface area contributed by atoms with Crippen LogP contribution in [0.5, 0.6) is 0 Å². The van der Waals surface area contributed by atoms with Crippen molar-refractivity contribution >= 4 is 61.5 Å². The molecule has 5 rings (SSSR count). The molecule has 3 aliphatic heterocycles. The van der Waals surface area contributed by atoms with Crippen molar-refractivity contribution in [2.45, 2.75) is 19.1 Å². The van der Waals surface area contributed by atoms with Gasteiger partial charge in [0.15, 0.2) is 0 Å². The second-order valence-corrected chi connectivity index (χ2v) is 10.2. The summed E-state index contributed by atoms with van der Waals surface area (Å²) < 4.78 is 0. The molecule has 0 aliphatic carbocycles. The average Bonchev–Trinajstić information content (AvgIpc) is 3.45. The smallest absolute Gasteiger partial charge is 0.261 e. The third-order valence-corrected chi connectivity index (χ3v) is 8.32. The van der Waals surface area contributed by atoms with Gasteiger partial charge in [0, 0.05) is 33.8 Å². The van der Waals surface area contributed by atoms with Gasteiger partial charge in [-0.1, -0.05) is 64.1 Å². The normalized spacial score (nSPS) is 20.5. The summed E-state index contributed by atoms with van der Waals surface area (Å²) in [5.41, 5.74) is 3.56. The zero-order chi connectivity index (χ0) is 23.3. The van der Waals surface area contributed by atoms with Crippen molar-refractivity contribution < 1.29 is 19.2 Å². The molecule has 0 fully saturated rings. The first kappa shape index (κ1) is 21.5. The summed E-state index contributed by atoms with van der Waals surface area (Å²) in [6.07, 6.45) is 4.75. The Balaban J connectivity index is 1.51. The zero-order valence-electron chi connectivity index (χ0n) is 17.8. The number of carbonyl (C=O) groups excluding carboxylic acids is 4. The molecule has 0 saturated carbocycles. The average molecular weight is 475 g/mol. The number of nitrogens with zero attached hydrogens (tertiary/aromatic N) is 2. The van der Waals surface area contributed by atoms with Crippen LogP contribution in [0.4, 0.5) is 11.4 Å². The Labute approximate surface area is 198 Å². The SMILES string of the molecule is CC1=CC(=O)N(c2ccccc2C2=CC(c3ccccc3N3C(=O)C=C(C)C3=O)SS2)C1=O. The van der Waals surface area contributed by atoms with Crippen molar-refractivity contribution in [3.05, 3.63) is 89.0 Å². The quantitative estimate of drug-likeness (QED) is 0.468. The highest BCUT2D eigenvalue weighted by molar-refractivity contribution is 8.80. The number of rotatable bonds is 4. The molecule has 4 amide bonds. The van der Waals surface area contributed by atoms with E-state index >= 15 is 0 Å². The lowest BCUT2D eigenvalue weighted by molar-refractivity contribution is -0.121. The van der Waals surface area contributed by atoms with Crippen molar-refractivity contribution in [2.24, 2.45) is 0 Å². The van der Waals surface area contributed by atoms with Gasteiger partial charge in [0.25, 0.3) is 23.6 Å². The van der Waals surface area contributed by atoms with Crippen LogP contribution < -0.4 is 9.80 Å². The standard InChI is InChI=1S/C25H18N2O4S2/c1-14-11-22(28)26(24(14)30)18-9-5-3-7-16(18)20-13-21(33-32-20)17-8-4-6-10-19(17)27-23(29)12-15(2)25(27)31/h3-13,20H,1-2H3. The molecule has 0 saturated heterocycles. The Morgan fingerprint density at radius 3 is 1.88 bits per heavy atom. The fourth-order valence-corrected chi connectivity index (χ4v) is 6.79. The van der Waals surface area contributed by atoms with Crippen LogP contribution in [0.3, 0.4) is 0 Å². The van der Waals surface area contributed by atoms with Crippen molar-refractivity contribution in [2.75, 3.05) is 9.80 Å². The van der Waals surface area contributed by atoms with Crippen molar-refractivity contribution in [3.8, 4) is 0 Å². The van der Waals surface area contributed by atoms with Crippen molar-refractivity contribution in [1.82, 2.24) is 0 Å². The molecule has 2 aromatic rings. The summed E-state index contributed by atoms with van der Waals surface area (Å²) in [5, 5.41) is -0.124. The second-order valence-electron chi connectivity index (χ2n) is 7.82. The van der Waals surface area contributed by atoms with E-state index in [9.17, 15) is 19.2 Å². The number of para-hydroxylation sites is 2. The molecule has 3 aliphatic rings. The number of imide groups is 2. The van der Waals surface area contributed by atoms with Crippen LogP contribution in [0.1, 0.15) is 30.2 Å². The topological polar surface area (TPSA) is 74.8 Å². The summed E-state index contributed by atoms with van der Waals surface area (Å²) in [5.74, 6) is -1.33. The van der Waals surface area contributed by atoms with Gasteiger partial charge in [-0.3, -0.25) is 19.2 Å². The molecule has 0 N–H and O–H groups in total. The number of anilines is 2. The molecule has 0 bridgehead atoms. The van der Waals surface area contributed by atoms with Gasteiger partial charge in [0.05, 0.1) is 16.6 Å². The second kappa shape index (κ2) is 8.20. The molecule has 0 spiro atoms. The van der Waals surface area contributed by atoms with E-state index < -0.39 is 0 Å². The maximum absolute atomic E-state index is 12.6. The third-order valence-electron chi connectivity index (χ3n) is 5.64. The molecular formula is C25H18N2O4S2. The van der Waals surface area contributed by atoms with Gasteiger partial charge in [0.1, 0.15) is 0 Å². The number of hydrogen-bond donors (Lipinski definition) is 0. The first-order chi connectivity index (χ1) is 15.9. The fraction of sp³-hybridized carbons (Fsp3) is 0.120. The van der Waals surface area contributed by atoms with Crippen LogP contribution in [-0.4, -0.2) is 23.6 Å². The van der Waals surface area contributed by atoms with E-state index in [0.29, 0.717) is 22.5 Å². The van der Waals surface area contributed by atoms with Gasteiger partial charge in [-0.25, -0.2) is 9.80 Å². The van der Waals surface area contributed by atoms with Crippen LogP contribution in [-0.2, 0) is 19.2 Å². The minimum atomic E-state index is -0.350. The summed E-state index contributed by atoms with van der Waals surface area (Å²) >= 11 is 0. The Hall–Kier alpha value is -3.36. The molecular weight excluding hydrogens is 456 g/mol. The van der Waals surface area contributed by atoms with Crippen molar-refractivity contribution in [3.63, 3.8) is 0 Å². The summed E-state index contributed by atoms with van der Waals surface area (Å²) in [6.45, 7) is 3.27. The number of carbonyl (C=O) groups is 4. The largest absolute Gasteiger partial charge is 0.269 e. The Kier molecular flexibility index (Phi) is 5.34. The highest BCUT2D eigenvalue weighted by Crippen LogP contribution is 2.56. The van der Waals surface area contributed by atoms with E-state index in [-0.39, 0.29) is 28.9 Å². The predicted molar refractivity (Wildman–Crippen MR) is 131 cm³/mol. The van der Waals surface area contributed by atoms with Gasteiger partial charge in [-0.05, 0) is 31.5 Å². The molecule has 2 aromatic carbocycles. The molecule has 164 valence electrons. The Morgan fingerprint density at radius 1 is 0.727 bits per heavy atom. The first-order valence-corrected chi connectivity index (χ1v) is 12.4. The van der Waals surface area contributed by atoms with Gasteiger partial charge in [-0.15, -0.1) is 0 Å². The first-order valence-electron chi connectivity index (χ1n) is 10.2. The van der Waals surface area contributed by atoms with E-state index in [2.05, 4.69) is 0 Å². The van der Waals surface area contributed by atoms with E-state index in [1.54, 1.807) is 48.9 Å². The van der Waals surface area contributed by atoms with Crippen molar-refractivity contribution in [1.29, 1.82) is 0 Å². The number of benzene rings is 2. The maximum atomic E-state index is 12.6. The van der Waals surface area contributed by atoms with Crippen LogP contribution in [0.25, 0.3) is 4.91 Å². The van der Waals surface area contributed by atoms with Gasteiger partial charge in [-0.2, -0.15) is 0 Å². The minimum Gasteiger partial charge on any atom is -0.269 e. The van der Waals surface area contributed by atoms with Gasteiger partial charge < -0.3 is 0 Å². The summed E-state index contributed by atoms with van der Waals surface area (Å²) in [4.78, 5) is 53.4. The summed E-state index contributed by atoms with van der Waals surface area (Å²) in [7, 11) is 3.12. The van der Waals surface area contributed by atoms with E-state index in [4.69, 9.17) is 0 Å². The molecule has 6 nitrogen and oxygen atoms in total.